The van der Waals surface area contributed by atoms with Gasteiger partial charge in [-0.3, -0.25) is 4.79 Å². The summed E-state index contributed by atoms with van der Waals surface area (Å²) in [6, 6.07) is 7.55. The second-order valence-electron chi connectivity index (χ2n) is 5.92. The van der Waals surface area contributed by atoms with Gasteiger partial charge in [0, 0.05) is 19.5 Å². The van der Waals surface area contributed by atoms with Gasteiger partial charge in [0.05, 0.1) is 11.7 Å². The molecule has 0 aliphatic rings. The van der Waals surface area contributed by atoms with Gasteiger partial charge >= 0.3 is 7.12 Å². The highest BCUT2D eigenvalue weighted by atomic mass is 32.2. The van der Waals surface area contributed by atoms with Crippen molar-refractivity contribution < 1.29 is 23.3 Å². The van der Waals surface area contributed by atoms with E-state index in [1.807, 2.05) is 31.2 Å². The number of rotatable bonds is 10. The van der Waals surface area contributed by atoms with Gasteiger partial charge in [0.25, 0.3) is 0 Å². The quantitative estimate of drug-likeness (QED) is 0.507. The largest absolute Gasteiger partial charge is 0.475 e. The van der Waals surface area contributed by atoms with Crippen molar-refractivity contribution in [3.63, 3.8) is 0 Å². The first-order valence-corrected chi connectivity index (χ1v) is 9.99. The topological polar surface area (TPSA) is 107 Å². The molecule has 0 aliphatic heterocycles. The number of carbonyl (C=O) groups is 1. The Morgan fingerprint density at radius 2 is 1.84 bits per heavy atom. The van der Waals surface area contributed by atoms with Crippen molar-refractivity contribution in [2.45, 2.75) is 39.6 Å². The van der Waals surface area contributed by atoms with E-state index in [9.17, 15) is 23.3 Å². The fourth-order valence-electron chi connectivity index (χ4n) is 2.39. The molecule has 9 heteroatoms. The van der Waals surface area contributed by atoms with Gasteiger partial charge in [-0.25, -0.2) is 12.7 Å². The van der Waals surface area contributed by atoms with E-state index in [0.717, 1.165) is 11.1 Å². The van der Waals surface area contributed by atoms with Crippen LogP contribution in [-0.4, -0.2) is 60.6 Å². The van der Waals surface area contributed by atoms with Gasteiger partial charge < -0.3 is 15.4 Å². The predicted molar refractivity (Wildman–Crippen MR) is 98.3 cm³/mol. The molecule has 1 unspecified atom stereocenters. The lowest BCUT2D eigenvalue weighted by Gasteiger charge is -2.21. The maximum atomic E-state index is 12.1. The van der Waals surface area contributed by atoms with E-state index in [-0.39, 0.29) is 25.1 Å². The number of benzene rings is 1. The monoisotopic (exact) mass is 370 g/mol. The highest BCUT2D eigenvalue weighted by Crippen LogP contribution is 2.08. The molecule has 1 rings (SSSR count). The molecule has 0 spiro atoms. The van der Waals surface area contributed by atoms with E-state index in [4.69, 9.17) is 0 Å². The van der Waals surface area contributed by atoms with Crippen molar-refractivity contribution in [2.75, 3.05) is 18.8 Å². The van der Waals surface area contributed by atoms with Crippen molar-refractivity contribution in [3.8, 4) is 0 Å². The average molecular weight is 370 g/mol. The van der Waals surface area contributed by atoms with E-state index < -0.39 is 29.0 Å². The van der Waals surface area contributed by atoms with Gasteiger partial charge in [0.15, 0.2) is 0 Å². The summed E-state index contributed by atoms with van der Waals surface area (Å²) in [6.45, 7) is 5.57. The summed E-state index contributed by atoms with van der Waals surface area (Å²) in [4.78, 5) is 12.1. The molecule has 0 aliphatic carbocycles. The third kappa shape index (κ3) is 7.15. The molecule has 0 bridgehead atoms. The van der Waals surface area contributed by atoms with Gasteiger partial charge in [0.1, 0.15) is 0 Å². The molecule has 3 N–H and O–H groups in total. The second kappa shape index (κ2) is 9.91. The number of carbonyl (C=O) groups excluding carboxylic acids is 1. The molecule has 7 nitrogen and oxygen atoms in total. The molecule has 1 atom stereocenters. The molecule has 1 aromatic rings. The van der Waals surface area contributed by atoms with Crippen molar-refractivity contribution >= 4 is 23.0 Å². The standard InChI is InChI=1S/C16H27BN2O5S/c1-4-19(25(23,24)5-2)11-10-16(20)18-15(17(21)22)12-14-8-6-13(3)7-9-14/h6-9,15,21-22H,4-5,10-12H2,1-3H3,(H,18,20). The lowest BCUT2D eigenvalue weighted by molar-refractivity contribution is -0.121. The number of hydrogen-bond acceptors (Lipinski definition) is 5. The summed E-state index contributed by atoms with van der Waals surface area (Å²) in [5.74, 6) is -1.29. The van der Waals surface area contributed by atoms with E-state index in [1.165, 1.54) is 4.31 Å². The molecule has 25 heavy (non-hydrogen) atoms. The van der Waals surface area contributed by atoms with Gasteiger partial charge in [0.2, 0.25) is 15.9 Å². The first kappa shape index (κ1) is 21.6. The zero-order chi connectivity index (χ0) is 19.0. The molecule has 0 saturated carbocycles. The Morgan fingerprint density at radius 1 is 1.24 bits per heavy atom. The van der Waals surface area contributed by atoms with E-state index >= 15 is 0 Å². The summed E-state index contributed by atoms with van der Waals surface area (Å²) in [7, 11) is -5.05. The average Bonchev–Trinajstić information content (AvgIpc) is 2.56. The lowest BCUT2D eigenvalue weighted by atomic mass is 9.76. The second-order valence-corrected chi connectivity index (χ2v) is 8.18. The van der Waals surface area contributed by atoms with Gasteiger partial charge in [-0.05, 0) is 25.8 Å². The first-order chi connectivity index (χ1) is 11.7. The van der Waals surface area contributed by atoms with Crippen LogP contribution in [0.3, 0.4) is 0 Å². The summed E-state index contributed by atoms with van der Waals surface area (Å²) >= 11 is 0. The number of nitrogens with one attached hydrogen (secondary N) is 1. The minimum atomic E-state index is -3.35. The normalized spacial score (nSPS) is 12.9. The molecule has 0 radical (unpaired) electrons. The van der Waals surface area contributed by atoms with Crippen molar-refractivity contribution in [1.82, 2.24) is 9.62 Å². The fraction of sp³-hybridized carbons (Fsp3) is 0.562. The molecule has 1 amide bonds. The van der Waals surface area contributed by atoms with Crippen LogP contribution in [-0.2, 0) is 21.2 Å². The smallest absolute Gasteiger partial charge is 0.426 e. The maximum Gasteiger partial charge on any atom is 0.475 e. The molecule has 140 valence electrons. The van der Waals surface area contributed by atoms with Gasteiger partial charge in [-0.1, -0.05) is 36.8 Å². The third-order valence-electron chi connectivity index (χ3n) is 3.98. The zero-order valence-electron chi connectivity index (χ0n) is 15.0. The van der Waals surface area contributed by atoms with Crippen molar-refractivity contribution in [1.29, 1.82) is 0 Å². The molecule has 0 heterocycles. The third-order valence-corrected chi connectivity index (χ3v) is 5.94. The Kier molecular flexibility index (Phi) is 8.57. The van der Waals surface area contributed by atoms with Crippen LogP contribution in [0.2, 0.25) is 0 Å². The van der Waals surface area contributed by atoms with E-state index in [1.54, 1.807) is 13.8 Å². The minimum Gasteiger partial charge on any atom is -0.426 e. The highest BCUT2D eigenvalue weighted by molar-refractivity contribution is 7.89. The molecule has 0 aromatic heterocycles. The van der Waals surface area contributed by atoms with Crippen LogP contribution < -0.4 is 5.32 Å². The molecule has 0 fully saturated rings. The van der Waals surface area contributed by atoms with Crippen LogP contribution in [0.4, 0.5) is 0 Å². The summed E-state index contributed by atoms with van der Waals surface area (Å²) in [6.07, 6.45) is 0.235. The molecular weight excluding hydrogens is 343 g/mol. The van der Waals surface area contributed by atoms with Gasteiger partial charge in [-0.15, -0.1) is 0 Å². The Morgan fingerprint density at radius 3 is 2.32 bits per heavy atom. The highest BCUT2D eigenvalue weighted by Gasteiger charge is 2.26. The molecular formula is C16H27BN2O5S. The van der Waals surface area contributed by atoms with Crippen LogP contribution in [0, 0.1) is 6.92 Å². The number of hydrogen-bond donors (Lipinski definition) is 3. The van der Waals surface area contributed by atoms with Crippen LogP contribution in [0.5, 0.6) is 0 Å². The number of sulfonamides is 1. The van der Waals surface area contributed by atoms with Crippen LogP contribution >= 0.6 is 0 Å². The first-order valence-electron chi connectivity index (χ1n) is 8.38. The summed E-state index contributed by atoms with van der Waals surface area (Å²) < 4.78 is 25.0. The van der Waals surface area contributed by atoms with Crippen molar-refractivity contribution in [3.05, 3.63) is 35.4 Å². The molecule has 1 aromatic carbocycles. The molecule has 0 saturated heterocycles. The Bertz CT molecular complexity index is 649. The van der Waals surface area contributed by atoms with Crippen LogP contribution in [0.25, 0.3) is 0 Å². The van der Waals surface area contributed by atoms with Gasteiger partial charge in [-0.2, -0.15) is 0 Å². The Labute approximate surface area is 150 Å². The number of aryl methyl sites for hydroxylation is 1. The Balaban J connectivity index is 2.63. The number of amides is 1. The zero-order valence-corrected chi connectivity index (χ0v) is 15.8. The minimum absolute atomic E-state index is 0.0200. The van der Waals surface area contributed by atoms with Crippen LogP contribution in [0.1, 0.15) is 31.4 Å². The van der Waals surface area contributed by atoms with Crippen molar-refractivity contribution in [2.24, 2.45) is 0 Å². The fourth-order valence-corrected chi connectivity index (χ4v) is 3.52. The number of nitrogens with zero attached hydrogens (tertiary/aromatic N) is 1. The Hall–Kier alpha value is -1.42. The maximum absolute atomic E-state index is 12.1. The predicted octanol–water partition coefficient (Wildman–Crippen LogP) is 0.0960. The van der Waals surface area contributed by atoms with E-state index in [0.29, 0.717) is 6.54 Å². The summed E-state index contributed by atoms with van der Waals surface area (Å²) in [5, 5.41) is 21.6. The van der Waals surface area contributed by atoms with E-state index in [2.05, 4.69) is 5.32 Å². The van der Waals surface area contributed by atoms with Crippen LogP contribution in [0.15, 0.2) is 24.3 Å². The lowest BCUT2D eigenvalue weighted by Crippen LogP contribution is -2.48. The summed E-state index contributed by atoms with van der Waals surface area (Å²) in [5.41, 5.74) is 1.96. The SMILES string of the molecule is CCN(CCC(=O)NC(Cc1ccc(C)cc1)B(O)O)S(=O)(=O)CC.